The molecule has 0 bridgehead atoms. The summed E-state index contributed by atoms with van der Waals surface area (Å²) in [7, 11) is -4.39. The number of phosphoric ester groups is 1. The van der Waals surface area contributed by atoms with Crippen LogP contribution < -0.4 is 5.73 Å². The second-order valence-corrected chi connectivity index (χ2v) is 25.9. The first-order valence-electron chi connectivity index (χ1n) is 35.5. The quantitative estimate of drug-likeness (QED) is 0.0347. The van der Waals surface area contributed by atoms with Crippen LogP contribution in [0, 0.1) is 0 Å². The van der Waals surface area contributed by atoms with Gasteiger partial charge < -0.3 is 20.1 Å². The van der Waals surface area contributed by atoms with Crippen LogP contribution in [-0.4, -0.2) is 49.3 Å². The van der Waals surface area contributed by atoms with Gasteiger partial charge in [0, 0.05) is 19.4 Å². The molecule has 0 aromatic carbocycles. The summed E-state index contributed by atoms with van der Waals surface area (Å²) in [5.41, 5.74) is 5.40. The molecule has 0 saturated heterocycles. The molecule has 0 rings (SSSR count). The monoisotopic (exact) mass is 1140 g/mol. The molecule has 0 saturated carbocycles. The molecule has 0 aliphatic rings. The molecule has 0 fully saturated rings. The van der Waals surface area contributed by atoms with Crippen LogP contribution >= 0.6 is 7.82 Å². The fourth-order valence-electron chi connectivity index (χ4n) is 11.2. The molecule has 0 spiro atoms. The number of esters is 2. The van der Waals surface area contributed by atoms with Crippen molar-refractivity contribution in [2.45, 2.75) is 405 Å². The van der Waals surface area contributed by atoms with Gasteiger partial charge in [0.1, 0.15) is 6.61 Å². The Bertz CT molecular complexity index is 1250. The van der Waals surface area contributed by atoms with E-state index in [1.807, 2.05) is 0 Å². The van der Waals surface area contributed by atoms with Gasteiger partial charge >= 0.3 is 19.8 Å². The Morgan fingerprint density at radius 3 is 0.772 bits per heavy atom. The molecule has 3 N–H and O–H groups in total. The highest BCUT2D eigenvalue weighted by atomic mass is 31.2. The summed E-state index contributed by atoms with van der Waals surface area (Å²) < 4.78 is 33.2. The van der Waals surface area contributed by atoms with E-state index in [2.05, 4.69) is 13.8 Å². The predicted molar refractivity (Wildman–Crippen MR) is 340 cm³/mol. The van der Waals surface area contributed by atoms with Crippen LogP contribution in [0.15, 0.2) is 0 Å². The van der Waals surface area contributed by atoms with Crippen molar-refractivity contribution in [3.8, 4) is 0 Å². The normalized spacial score (nSPS) is 12.8. The van der Waals surface area contributed by atoms with E-state index in [9.17, 15) is 19.0 Å². The fraction of sp³-hybridized carbons (Fsp3) is 0.971. The van der Waals surface area contributed by atoms with E-state index < -0.39 is 26.5 Å². The summed E-state index contributed by atoms with van der Waals surface area (Å²) in [6, 6.07) is 0. The van der Waals surface area contributed by atoms with Crippen LogP contribution in [0.3, 0.4) is 0 Å². The van der Waals surface area contributed by atoms with Gasteiger partial charge in [-0.15, -0.1) is 0 Å². The first-order chi connectivity index (χ1) is 38.8. The number of ether oxygens (including phenoxy) is 2. The molecular formula is C69H138NO8P. The van der Waals surface area contributed by atoms with Crippen molar-refractivity contribution in [3.63, 3.8) is 0 Å². The SMILES string of the molecule is CCCCCCCCCCCCCCCCCCCCCCCCCCCCCCCCCCC(=O)OC(COC(=O)CCCCCCCCCCCCCCCCCCCCCCCCCCCC)COP(=O)(O)OCCN. The van der Waals surface area contributed by atoms with Crippen molar-refractivity contribution in [2.24, 2.45) is 5.73 Å². The molecule has 2 unspecified atom stereocenters. The van der Waals surface area contributed by atoms with Gasteiger partial charge in [-0.25, -0.2) is 4.57 Å². The van der Waals surface area contributed by atoms with E-state index in [1.165, 1.54) is 334 Å². The minimum absolute atomic E-state index is 0.0588. The van der Waals surface area contributed by atoms with Gasteiger partial charge in [0.25, 0.3) is 0 Å². The number of unbranched alkanes of at least 4 members (excludes halogenated alkanes) is 56. The molecule has 0 aliphatic carbocycles. The predicted octanol–water partition coefficient (Wildman–Crippen LogP) is 23.0. The van der Waals surface area contributed by atoms with E-state index >= 15 is 0 Å². The standard InChI is InChI=1S/C69H138NO8P/c1-3-5-7-9-11-13-15-17-19-21-23-25-27-29-31-32-33-34-35-36-38-40-42-44-46-48-50-52-54-56-58-60-62-69(72)78-67(66-77-79(73,74)76-64-63-70)65-75-68(71)61-59-57-55-53-51-49-47-45-43-41-39-37-30-28-26-24-22-20-18-16-14-12-10-8-6-4-2/h67H,3-66,70H2,1-2H3,(H,73,74). The first-order valence-corrected chi connectivity index (χ1v) is 37.0. The van der Waals surface area contributed by atoms with E-state index in [1.54, 1.807) is 0 Å². The van der Waals surface area contributed by atoms with E-state index in [0.29, 0.717) is 12.8 Å². The molecule has 10 heteroatoms. The molecule has 0 aromatic heterocycles. The average molecular weight is 1140 g/mol. The molecule has 2 atom stereocenters. The molecule has 79 heavy (non-hydrogen) atoms. The number of carbonyl (C=O) groups is 2. The van der Waals surface area contributed by atoms with Gasteiger partial charge in [-0.3, -0.25) is 18.6 Å². The number of nitrogens with two attached hydrogens (primary N) is 1. The van der Waals surface area contributed by atoms with Gasteiger partial charge in [0.15, 0.2) is 6.10 Å². The molecule has 9 nitrogen and oxygen atoms in total. The van der Waals surface area contributed by atoms with Gasteiger partial charge in [-0.1, -0.05) is 373 Å². The van der Waals surface area contributed by atoms with Crippen molar-refractivity contribution < 1.29 is 37.6 Å². The number of carbonyl (C=O) groups excluding carboxylic acids is 2. The first kappa shape index (κ1) is 78.0. The third-order valence-electron chi connectivity index (χ3n) is 16.5. The number of rotatable bonds is 69. The Hall–Kier alpha value is -0.990. The maximum atomic E-state index is 12.8. The number of hydrogen-bond acceptors (Lipinski definition) is 8. The van der Waals surface area contributed by atoms with Crippen LogP contribution in [-0.2, 0) is 32.7 Å². The van der Waals surface area contributed by atoms with Crippen molar-refractivity contribution >= 4 is 19.8 Å². The minimum Gasteiger partial charge on any atom is -0.462 e. The number of hydrogen-bond donors (Lipinski definition) is 2. The zero-order chi connectivity index (χ0) is 57.3. The van der Waals surface area contributed by atoms with Crippen LogP contribution in [0.4, 0.5) is 0 Å². The van der Waals surface area contributed by atoms with E-state index in [4.69, 9.17) is 24.3 Å². The average Bonchev–Trinajstić information content (AvgIpc) is 3.44. The van der Waals surface area contributed by atoms with Crippen LogP contribution in [0.2, 0.25) is 0 Å². The van der Waals surface area contributed by atoms with Crippen LogP contribution in [0.5, 0.6) is 0 Å². The van der Waals surface area contributed by atoms with Crippen molar-refractivity contribution in [1.29, 1.82) is 0 Å². The Balaban J connectivity index is 3.78. The third kappa shape index (κ3) is 66.0. The molecule has 0 heterocycles. The molecule has 0 aliphatic heterocycles. The van der Waals surface area contributed by atoms with Crippen molar-refractivity contribution in [1.82, 2.24) is 0 Å². The lowest BCUT2D eigenvalue weighted by Crippen LogP contribution is -2.29. The summed E-state index contributed by atoms with van der Waals surface area (Å²) in [5, 5.41) is 0. The van der Waals surface area contributed by atoms with Crippen LogP contribution in [0.1, 0.15) is 399 Å². The van der Waals surface area contributed by atoms with Gasteiger partial charge in [-0.2, -0.15) is 0 Å². The highest BCUT2D eigenvalue weighted by Crippen LogP contribution is 2.43. The zero-order valence-electron chi connectivity index (χ0n) is 53.2. The van der Waals surface area contributed by atoms with Gasteiger partial charge in [0.2, 0.25) is 0 Å². The lowest BCUT2D eigenvalue weighted by Gasteiger charge is -2.19. The van der Waals surface area contributed by atoms with Gasteiger partial charge in [0.05, 0.1) is 13.2 Å². The lowest BCUT2D eigenvalue weighted by atomic mass is 10.0. The molecule has 0 radical (unpaired) electrons. The molecular weight excluding hydrogens is 1000 g/mol. The summed E-state index contributed by atoms with van der Waals surface area (Å²) >= 11 is 0. The highest BCUT2D eigenvalue weighted by molar-refractivity contribution is 7.47. The Labute approximate surface area is 492 Å². The summed E-state index contributed by atoms with van der Waals surface area (Å²) in [6.07, 6.45) is 77.9. The maximum absolute atomic E-state index is 12.8. The molecule has 0 amide bonds. The Morgan fingerprint density at radius 2 is 0.544 bits per heavy atom. The number of phosphoric acid groups is 1. The minimum atomic E-state index is -4.39. The van der Waals surface area contributed by atoms with E-state index in [-0.39, 0.29) is 32.1 Å². The van der Waals surface area contributed by atoms with Crippen molar-refractivity contribution in [2.75, 3.05) is 26.4 Å². The molecule has 472 valence electrons. The van der Waals surface area contributed by atoms with Crippen molar-refractivity contribution in [3.05, 3.63) is 0 Å². The fourth-order valence-corrected chi connectivity index (χ4v) is 12.0. The summed E-state index contributed by atoms with van der Waals surface area (Å²) in [4.78, 5) is 35.3. The largest absolute Gasteiger partial charge is 0.472 e. The third-order valence-corrected chi connectivity index (χ3v) is 17.5. The van der Waals surface area contributed by atoms with Gasteiger partial charge in [-0.05, 0) is 12.8 Å². The van der Waals surface area contributed by atoms with E-state index in [0.717, 1.165) is 32.1 Å². The second-order valence-electron chi connectivity index (χ2n) is 24.5. The molecule has 0 aromatic rings. The summed E-state index contributed by atoms with van der Waals surface area (Å²) in [5.74, 6) is -0.797. The summed E-state index contributed by atoms with van der Waals surface area (Å²) in [6.45, 7) is 3.85. The lowest BCUT2D eigenvalue weighted by molar-refractivity contribution is -0.161. The maximum Gasteiger partial charge on any atom is 0.472 e. The van der Waals surface area contributed by atoms with Crippen LogP contribution in [0.25, 0.3) is 0 Å². The highest BCUT2D eigenvalue weighted by Gasteiger charge is 2.26. The Morgan fingerprint density at radius 1 is 0.329 bits per heavy atom. The zero-order valence-corrected chi connectivity index (χ0v) is 54.1. The smallest absolute Gasteiger partial charge is 0.462 e. The second kappa shape index (κ2) is 66.2. The topological polar surface area (TPSA) is 134 Å². The Kier molecular flexibility index (Phi) is 65.3.